The number of carbonyl (C=O) groups excluding carboxylic acids is 1. The van der Waals surface area contributed by atoms with E-state index in [1.807, 2.05) is 30.5 Å². The molecule has 1 N–H and O–H groups in total. The van der Waals surface area contributed by atoms with Crippen LogP contribution in [-0.4, -0.2) is 24.1 Å². The van der Waals surface area contributed by atoms with Gasteiger partial charge in [0.1, 0.15) is 13.2 Å². The molecule has 5 nitrogen and oxygen atoms in total. The first-order valence-electron chi connectivity index (χ1n) is 8.16. The van der Waals surface area contributed by atoms with Crippen LogP contribution in [0.15, 0.2) is 23.6 Å². The second-order valence-corrected chi connectivity index (χ2v) is 7.09. The Kier molecular flexibility index (Phi) is 5.04. The zero-order valence-electron chi connectivity index (χ0n) is 14.2. The molecule has 3 rings (SSSR count). The molecular formula is C18H22N2O3S. The van der Waals surface area contributed by atoms with E-state index < -0.39 is 0 Å². The molecule has 0 bridgehead atoms. The molecule has 1 aromatic carbocycles. The Hall–Kier alpha value is -2.08. The second-order valence-electron chi connectivity index (χ2n) is 6.20. The van der Waals surface area contributed by atoms with E-state index in [-0.39, 0.29) is 11.9 Å². The Morgan fingerprint density at radius 1 is 1.25 bits per heavy atom. The highest BCUT2D eigenvalue weighted by atomic mass is 32.1. The molecule has 1 aromatic heterocycles. The van der Waals surface area contributed by atoms with Crippen molar-refractivity contribution in [3.8, 4) is 11.5 Å². The number of nitrogens with one attached hydrogen (secondary N) is 1. The molecule has 2 aromatic rings. The van der Waals surface area contributed by atoms with Gasteiger partial charge in [-0.1, -0.05) is 19.9 Å². The highest BCUT2D eigenvalue weighted by molar-refractivity contribution is 7.09. The summed E-state index contributed by atoms with van der Waals surface area (Å²) < 4.78 is 11.1. The van der Waals surface area contributed by atoms with Gasteiger partial charge in [-0.15, -0.1) is 11.3 Å². The summed E-state index contributed by atoms with van der Waals surface area (Å²) in [6.07, 6.45) is 0.304. The molecule has 2 heterocycles. The molecule has 0 saturated carbocycles. The van der Waals surface area contributed by atoms with Crippen LogP contribution >= 0.6 is 11.3 Å². The van der Waals surface area contributed by atoms with Crippen molar-refractivity contribution < 1.29 is 14.3 Å². The van der Waals surface area contributed by atoms with Crippen LogP contribution < -0.4 is 14.8 Å². The SMILES string of the molecule is CC(C)c1nc(CC(=O)NC(C)c2ccc3c(c2)OCCO3)cs1. The predicted octanol–water partition coefficient (Wildman–Crippen LogP) is 3.46. The van der Waals surface area contributed by atoms with Gasteiger partial charge < -0.3 is 14.8 Å². The van der Waals surface area contributed by atoms with Crippen molar-refractivity contribution in [1.29, 1.82) is 0 Å². The smallest absolute Gasteiger partial charge is 0.226 e. The normalized spacial score (nSPS) is 14.5. The van der Waals surface area contributed by atoms with Gasteiger partial charge in [-0.2, -0.15) is 0 Å². The summed E-state index contributed by atoms with van der Waals surface area (Å²) >= 11 is 1.61. The highest BCUT2D eigenvalue weighted by Gasteiger charge is 2.16. The number of fused-ring (bicyclic) bond motifs is 1. The van der Waals surface area contributed by atoms with Crippen LogP contribution in [0, 0.1) is 0 Å². The molecule has 0 saturated heterocycles. The Morgan fingerprint density at radius 2 is 2.00 bits per heavy atom. The van der Waals surface area contributed by atoms with Gasteiger partial charge in [0.05, 0.1) is 23.2 Å². The summed E-state index contributed by atoms with van der Waals surface area (Å²) in [5.74, 6) is 1.86. The molecule has 1 amide bonds. The van der Waals surface area contributed by atoms with Crippen LogP contribution in [0.4, 0.5) is 0 Å². The molecule has 128 valence electrons. The van der Waals surface area contributed by atoms with E-state index >= 15 is 0 Å². The van der Waals surface area contributed by atoms with Crippen LogP contribution in [0.1, 0.15) is 49.0 Å². The van der Waals surface area contributed by atoms with Crippen LogP contribution in [0.25, 0.3) is 0 Å². The van der Waals surface area contributed by atoms with Crippen LogP contribution in [0.5, 0.6) is 11.5 Å². The maximum atomic E-state index is 12.3. The van der Waals surface area contributed by atoms with Gasteiger partial charge in [-0.05, 0) is 24.6 Å². The van der Waals surface area contributed by atoms with E-state index in [0.717, 1.165) is 27.8 Å². The molecular weight excluding hydrogens is 324 g/mol. The van der Waals surface area contributed by atoms with E-state index in [9.17, 15) is 4.79 Å². The van der Waals surface area contributed by atoms with Crippen molar-refractivity contribution in [2.45, 2.75) is 39.2 Å². The number of rotatable bonds is 5. The van der Waals surface area contributed by atoms with Gasteiger partial charge in [-0.3, -0.25) is 4.79 Å². The van der Waals surface area contributed by atoms with E-state index in [0.29, 0.717) is 25.6 Å². The average Bonchev–Trinajstić information content (AvgIpc) is 3.03. The van der Waals surface area contributed by atoms with Gasteiger partial charge in [-0.25, -0.2) is 4.98 Å². The minimum absolute atomic E-state index is 0.0296. The number of carbonyl (C=O) groups is 1. The summed E-state index contributed by atoms with van der Waals surface area (Å²) in [7, 11) is 0. The zero-order chi connectivity index (χ0) is 17.1. The van der Waals surface area contributed by atoms with Crippen molar-refractivity contribution in [2.75, 3.05) is 13.2 Å². The third kappa shape index (κ3) is 3.87. The molecule has 1 aliphatic heterocycles. The van der Waals surface area contributed by atoms with Crippen LogP contribution in [0.2, 0.25) is 0 Å². The Balaban J connectivity index is 1.61. The molecule has 0 aliphatic carbocycles. The Morgan fingerprint density at radius 3 is 2.71 bits per heavy atom. The van der Waals surface area contributed by atoms with Crippen molar-refractivity contribution in [2.24, 2.45) is 0 Å². The van der Waals surface area contributed by atoms with E-state index in [2.05, 4.69) is 24.1 Å². The first-order valence-corrected chi connectivity index (χ1v) is 9.04. The molecule has 24 heavy (non-hydrogen) atoms. The summed E-state index contributed by atoms with van der Waals surface area (Å²) in [5.41, 5.74) is 1.82. The van der Waals surface area contributed by atoms with E-state index in [1.54, 1.807) is 11.3 Å². The molecule has 0 radical (unpaired) electrons. The fourth-order valence-electron chi connectivity index (χ4n) is 2.54. The number of thiazole rings is 1. The predicted molar refractivity (Wildman–Crippen MR) is 93.9 cm³/mol. The summed E-state index contributed by atoms with van der Waals surface area (Å²) in [6, 6.07) is 5.68. The second kappa shape index (κ2) is 7.21. The quantitative estimate of drug-likeness (QED) is 0.901. The maximum absolute atomic E-state index is 12.3. The molecule has 0 spiro atoms. The average molecular weight is 346 g/mol. The van der Waals surface area contributed by atoms with Crippen molar-refractivity contribution in [3.63, 3.8) is 0 Å². The lowest BCUT2D eigenvalue weighted by atomic mass is 10.1. The van der Waals surface area contributed by atoms with Gasteiger partial charge in [0.25, 0.3) is 0 Å². The summed E-state index contributed by atoms with van der Waals surface area (Å²) in [6.45, 7) is 7.30. The molecule has 0 fully saturated rings. The standard InChI is InChI=1S/C18H22N2O3S/c1-11(2)18-20-14(10-24-18)9-17(21)19-12(3)13-4-5-15-16(8-13)23-7-6-22-15/h4-5,8,10-12H,6-7,9H2,1-3H3,(H,19,21). The van der Waals surface area contributed by atoms with Gasteiger partial charge in [0.2, 0.25) is 5.91 Å². The van der Waals surface area contributed by atoms with Gasteiger partial charge >= 0.3 is 0 Å². The monoisotopic (exact) mass is 346 g/mol. The molecule has 6 heteroatoms. The first kappa shape index (κ1) is 16.8. The minimum Gasteiger partial charge on any atom is -0.486 e. The third-order valence-corrected chi connectivity index (χ3v) is 5.04. The van der Waals surface area contributed by atoms with E-state index in [1.165, 1.54) is 0 Å². The summed E-state index contributed by atoms with van der Waals surface area (Å²) in [5, 5.41) is 6.05. The minimum atomic E-state index is -0.100. The third-order valence-electron chi connectivity index (χ3n) is 3.85. The van der Waals surface area contributed by atoms with Crippen molar-refractivity contribution >= 4 is 17.2 Å². The zero-order valence-corrected chi connectivity index (χ0v) is 15.0. The Bertz CT molecular complexity index is 727. The van der Waals surface area contributed by atoms with E-state index in [4.69, 9.17) is 9.47 Å². The Labute approximate surface area is 146 Å². The summed E-state index contributed by atoms with van der Waals surface area (Å²) in [4.78, 5) is 16.8. The first-order chi connectivity index (χ1) is 11.5. The molecule has 1 unspecified atom stereocenters. The maximum Gasteiger partial charge on any atom is 0.226 e. The topological polar surface area (TPSA) is 60.5 Å². The van der Waals surface area contributed by atoms with Crippen LogP contribution in [-0.2, 0) is 11.2 Å². The fraction of sp³-hybridized carbons (Fsp3) is 0.444. The van der Waals surface area contributed by atoms with Crippen molar-refractivity contribution in [3.05, 3.63) is 39.8 Å². The van der Waals surface area contributed by atoms with Gasteiger partial charge in [0.15, 0.2) is 11.5 Å². The number of nitrogens with zero attached hydrogens (tertiary/aromatic N) is 1. The number of hydrogen-bond acceptors (Lipinski definition) is 5. The van der Waals surface area contributed by atoms with Crippen LogP contribution in [0.3, 0.4) is 0 Å². The number of amides is 1. The number of benzene rings is 1. The van der Waals surface area contributed by atoms with Crippen molar-refractivity contribution in [1.82, 2.24) is 10.3 Å². The highest BCUT2D eigenvalue weighted by Crippen LogP contribution is 2.32. The lowest BCUT2D eigenvalue weighted by molar-refractivity contribution is -0.121. The largest absolute Gasteiger partial charge is 0.486 e. The molecule has 1 atom stereocenters. The molecule has 1 aliphatic rings. The lowest BCUT2D eigenvalue weighted by Gasteiger charge is -2.21. The number of aromatic nitrogens is 1. The lowest BCUT2D eigenvalue weighted by Crippen LogP contribution is -2.28. The van der Waals surface area contributed by atoms with Gasteiger partial charge in [0, 0.05) is 11.3 Å². The number of ether oxygens (including phenoxy) is 2. The number of hydrogen-bond donors (Lipinski definition) is 1. The fourth-order valence-corrected chi connectivity index (χ4v) is 3.37.